The van der Waals surface area contributed by atoms with Gasteiger partial charge in [0.25, 0.3) is 0 Å². The zero-order valence-electron chi connectivity index (χ0n) is 18.0. The van der Waals surface area contributed by atoms with Crippen LogP contribution in [-0.2, 0) is 10.2 Å². The molecule has 170 valence electrons. The highest BCUT2D eigenvalue weighted by Gasteiger charge is 2.36. The largest absolute Gasteiger partial charge is 0.381 e. The first kappa shape index (κ1) is 24.6. The lowest BCUT2D eigenvalue weighted by atomic mass is 9.74. The van der Waals surface area contributed by atoms with Crippen LogP contribution in [0.1, 0.15) is 31.2 Å². The first-order valence-electron chi connectivity index (χ1n) is 10.8. The van der Waals surface area contributed by atoms with Gasteiger partial charge in [0.05, 0.1) is 5.00 Å². The summed E-state index contributed by atoms with van der Waals surface area (Å²) in [6.07, 6.45) is 4.14. The smallest absolute Gasteiger partial charge is 0.191 e. The SMILES string of the molecule is CN=C(NCC1(c2ccccc2Cl)CCOCC1)NC1CCN(c2cccs2)CC1.I. The summed E-state index contributed by atoms with van der Waals surface area (Å²) < 4.78 is 5.66. The van der Waals surface area contributed by atoms with Crippen LogP contribution in [-0.4, -0.2) is 51.9 Å². The highest BCUT2D eigenvalue weighted by atomic mass is 127. The van der Waals surface area contributed by atoms with Crippen LogP contribution < -0.4 is 15.5 Å². The highest BCUT2D eigenvalue weighted by Crippen LogP contribution is 2.38. The lowest BCUT2D eigenvalue weighted by Gasteiger charge is -2.39. The third-order valence-electron chi connectivity index (χ3n) is 6.37. The number of nitrogens with one attached hydrogen (secondary N) is 2. The molecule has 5 nitrogen and oxygen atoms in total. The maximum atomic E-state index is 6.59. The highest BCUT2D eigenvalue weighted by molar-refractivity contribution is 14.0. The minimum atomic E-state index is -0.0310. The Kier molecular flexibility index (Phi) is 9.31. The number of hydrogen-bond donors (Lipinski definition) is 2. The fraction of sp³-hybridized carbons (Fsp3) is 0.522. The van der Waals surface area contributed by atoms with E-state index in [0.717, 1.165) is 69.5 Å². The maximum absolute atomic E-state index is 6.59. The van der Waals surface area contributed by atoms with Gasteiger partial charge in [0.2, 0.25) is 0 Å². The van der Waals surface area contributed by atoms with Crippen LogP contribution in [0.15, 0.2) is 46.8 Å². The lowest BCUT2D eigenvalue weighted by molar-refractivity contribution is 0.0514. The van der Waals surface area contributed by atoms with Crippen molar-refractivity contribution in [2.75, 3.05) is 44.8 Å². The Hall–Kier alpha value is -1.03. The van der Waals surface area contributed by atoms with E-state index in [4.69, 9.17) is 16.3 Å². The number of thiophene rings is 1. The minimum absolute atomic E-state index is 0. The van der Waals surface area contributed by atoms with Crippen molar-refractivity contribution in [3.05, 3.63) is 52.4 Å². The Balaban J connectivity index is 0.00000272. The average molecular weight is 575 g/mol. The number of benzene rings is 1. The maximum Gasteiger partial charge on any atom is 0.191 e. The third kappa shape index (κ3) is 6.06. The van der Waals surface area contributed by atoms with E-state index in [-0.39, 0.29) is 29.4 Å². The topological polar surface area (TPSA) is 48.9 Å². The minimum Gasteiger partial charge on any atom is -0.381 e. The molecule has 2 N–H and O–H groups in total. The van der Waals surface area contributed by atoms with E-state index in [1.807, 2.05) is 30.5 Å². The first-order valence-corrected chi connectivity index (χ1v) is 12.0. The van der Waals surface area contributed by atoms with Gasteiger partial charge in [-0.25, -0.2) is 0 Å². The summed E-state index contributed by atoms with van der Waals surface area (Å²) in [5.74, 6) is 0.877. The van der Waals surface area contributed by atoms with Crippen LogP contribution in [0.25, 0.3) is 0 Å². The van der Waals surface area contributed by atoms with Crippen LogP contribution in [0.2, 0.25) is 5.02 Å². The zero-order chi connectivity index (χ0) is 20.8. The van der Waals surface area contributed by atoms with Crippen molar-refractivity contribution in [3.8, 4) is 0 Å². The van der Waals surface area contributed by atoms with Crippen molar-refractivity contribution >= 4 is 57.9 Å². The van der Waals surface area contributed by atoms with E-state index in [2.05, 4.69) is 50.2 Å². The predicted octanol–water partition coefficient (Wildman–Crippen LogP) is 4.90. The van der Waals surface area contributed by atoms with E-state index in [9.17, 15) is 0 Å². The zero-order valence-corrected chi connectivity index (χ0v) is 21.9. The second kappa shape index (κ2) is 11.7. The second-order valence-corrected chi connectivity index (χ2v) is 9.49. The van der Waals surface area contributed by atoms with Gasteiger partial charge in [0.15, 0.2) is 5.96 Å². The number of halogens is 2. The molecule has 1 aromatic carbocycles. The van der Waals surface area contributed by atoms with E-state index >= 15 is 0 Å². The normalized spacial score (nSPS) is 19.5. The summed E-state index contributed by atoms with van der Waals surface area (Å²) in [5.41, 5.74) is 1.18. The molecular formula is C23H32ClIN4OS. The van der Waals surface area contributed by atoms with Crippen molar-refractivity contribution in [2.45, 2.75) is 37.1 Å². The first-order chi connectivity index (χ1) is 14.7. The predicted molar refractivity (Wildman–Crippen MR) is 143 cm³/mol. The molecule has 0 spiro atoms. The molecule has 0 unspecified atom stereocenters. The number of nitrogens with zero attached hydrogens (tertiary/aromatic N) is 2. The van der Waals surface area contributed by atoms with Crippen LogP contribution >= 0.6 is 46.9 Å². The summed E-state index contributed by atoms with van der Waals surface area (Å²) in [5, 5.41) is 11.6. The summed E-state index contributed by atoms with van der Waals surface area (Å²) in [6, 6.07) is 13.0. The molecule has 0 radical (unpaired) electrons. The average Bonchev–Trinajstić information content (AvgIpc) is 3.33. The molecule has 2 fully saturated rings. The number of aliphatic imine (C=N–C) groups is 1. The standard InChI is InChI=1S/C23H31ClN4OS.HI/c1-25-22(27-18-8-12-28(13-9-18)21-7-4-16-30-21)26-17-23(10-14-29-15-11-23)19-5-2-3-6-20(19)24;/h2-7,16,18H,8-15,17H2,1H3,(H2,25,26,27);1H. The van der Waals surface area contributed by atoms with Crippen molar-refractivity contribution in [1.29, 1.82) is 0 Å². The van der Waals surface area contributed by atoms with Gasteiger partial charge < -0.3 is 20.3 Å². The number of rotatable bonds is 5. The molecule has 3 heterocycles. The van der Waals surface area contributed by atoms with Crippen LogP contribution in [0.4, 0.5) is 5.00 Å². The van der Waals surface area contributed by atoms with Gasteiger partial charge in [0.1, 0.15) is 0 Å². The molecule has 4 rings (SSSR count). The molecule has 0 aliphatic carbocycles. The molecule has 2 aliphatic heterocycles. The van der Waals surface area contributed by atoms with Crippen LogP contribution in [0, 0.1) is 0 Å². The van der Waals surface area contributed by atoms with Gasteiger partial charge in [-0.05, 0) is 54.8 Å². The van der Waals surface area contributed by atoms with E-state index < -0.39 is 0 Å². The fourth-order valence-electron chi connectivity index (χ4n) is 4.53. The second-order valence-electron chi connectivity index (χ2n) is 8.16. The van der Waals surface area contributed by atoms with Crippen molar-refractivity contribution in [2.24, 2.45) is 4.99 Å². The quantitative estimate of drug-likeness (QED) is 0.303. The van der Waals surface area contributed by atoms with Gasteiger partial charge in [-0.15, -0.1) is 35.3 Å². The number of anilines is 1. The van der Waals surface area contributed by atoms with Crippen molar-refractivity contribution < 1.29 is 4.74 Å². The number of guanidine groups is 1. The molecule has 31 heavy (non-hydrogen) atoms. The van der Waals surface area contributed by atoms with Crippen LogP contribution in [0.5, 0.6) is 0 Å². The molecule has 0 bridgehead atoms. The Labute approximate surface area is 211 Å². The Morgan fingerprint density at radius 3 is 2.58 bits per heavy atom. The van der Waals surface area contributed by atoms with Gasteiger partial charge in [-0.2, -0.15) is 0 Å². The molecule has 2 aliphatic rings. The summed E-state index contributed by atoms with van der Waals surface area (Å²) in [7, 11) is 1.85. The number of piperidine rings is 1. The van der Waals surface area contributed by atoms with Gasteiger partial charge >= 0.3 is 0 Å². The molecule has 8 heteroatoms. The molecule has 0 atom stereocenters. The molecule has 0 saturated carbocycles. The lowest BCUT2D eigenvalue weighted by Crippen LogP contribution is -2.52. The van der Waals surface area contributed by atoms with Crippen molar-refractivity contribution in [1.82, 2.24) is 10.6 Å². The number of hydrogen-bond acceptors (Lipinski definition) is 4. The Bertz CT molecular complexity index is 834. The van der Waals surface area contributed by atoms with E-state index in [1.165, 1.54) is 10.6 Å². The van der Waals surface area contributed by atoms with Gasteiger partial charge in [0, 0.05) is 56.4 Å². The molecule has 1 aromatic heterocycles. The van der Waals surface area contributed by atoms with Gasteiger partial charge in [-0.1, -0.05) is 29.8 Å². The van der Waals surface area contributed by atoms with Gasteiger partial charge in [-0.3, -0.25) is 4.99 Å². The fourth-order valence-corrected chi connectivity index (χ4v) is 5.65. The van der Waals surface area contributed by atoms with E-state index in [1.54, 1.807) is 0 Å². The Morgan fingerprint density at radius 1 is 1.19 bits per heavy atom. The summed E-state index contributed by atoms with van der Waals surface area (Å²) >= 11 is 8.41. The summed E-state index contributed by atoms with van der Waals surface area (Å²) in [4.78, 5) is 6.98. The Morgan fingerprint density at radius 2 is 1.94 bits per heavy atom. The van der Waals surface area contributed by atoms with Crippen LogP contribution in [0.3, 0.4) is 0 Å². The number of ether oxygens (including phenoxy) is 1. The monoisotopic (exact) mass is 574 g/mol. The molecular weight excluding hydrogens is 543 g/mol. The summed E-state index contributed by atoms with van der Waals surface area (Å²) in [6.45, 7) is 4.49. The van der Waals surface area contributed by atoms with E-state index in [0.29, 0.717) is 6.04 Å². The third-order valence-corrected chi connectivity index (χ3v) is 7.63. The molecule has 0 amide bonds. The molecule has 2 saturated heterocycles. The van der Waals surface area contributed by atoms with Crippen molar-refractivity contribution in [3.63, 3.8) is 0 Å². The molecule has 2 aromatic rings.